The van der Waals surface area contributed by atoms with Crippen LogP contribution in [0.1, 0.15) is 36.0 Å². The van der Waals surface area contributed by atoms with Crippen molar-refractivity contribution in [1.29, 1.82) is 0 Å². The molecule has 0 radical (unpaired) electrons. The molecule has 1 aliphatic heterocycles. The number of rotatable bonds is 9. The fourth-order valence-corrected chi connectivity index (χ4v) is 3.77. The molecule has 1 saturated heterocycles. The summed E-state index contributed by atoms with van der Waals surface area (Å²) in [6.07, 6.45) is 1.03. The molecule has 1 atom stereocenters. The third-order valence-electron chi connectivity index (χ3n) is 5.74. The highest BCUT2D eigenvalue weighted by atomic mass is 16.5. The highest BCUT2D eigenvalue weighted by Crippen LogP contribution is 2.21. The minimum Gasteiger partial charge on any atom is -0.497 e. The Bertz CT molecular complexity index is 817. The summed E-state index contributed by atoms with van der Waals surface area (Å²) in [5.74, 6) is 2.20. The minimum atomic E-state index is 0.466. The van der Waals surface area contributed by atoms with Crippen LogP contribution < -0.4 is 15.4 Å². The van der Waals surface area contributed by atoms with Gasteiger partial charge in [-0.3, -0.25) is 9.89 Å². The van der Waals surface area contributed by atoms with Crippen molar-refractivity contribution in [3.05, 3.63) is 65.2 Å². The Balaban J connectivity index is 1.42. The van der Waals surface area contributed by atoms with Crippen molar-refractivity contribution in [2.45, 2.75) is 32.4 Å². The first-order chi connectivity index (χ1) is 15.2. The summed E-state index contributed by atoms with van der Waals surface area (Å²) in [5.41, 5.74) is 3.93. The Hall–Kier alpha value is -2.57. The molecular weight excluding hydrogens is 388 g/mol. The zero-order chi connectivity index (χ0) is 21.9. The van der Waals surface area contributed by atoms with Crippen LogP contribution >= 0.6 is 0 Å². The zero-order valence-corrected chi connectivity index (χ0v) is 19.1. The summed E-state index contributed by atoms with van der Waals surface area (Å²) in [6.45, 7) is 8.53. The lowest BCUT2D eigenvalue weighted by Crippen LogP contribution is -2.37. The molecule has 6 nitrogen and oxygen atoms in total. The number of methoxy groups -OCH3 is 1. The van der Waals surface area contributed by atoms with Crippen LogP contribution in [0.25, 0.3) is 0 Å². The molecule has 0 aromatic heterocycles. The first-order valence-electron chi connectivity index (χ1n) is 11.1. The lowest BCUT2D eigenvalue weighted by Gasteiger charge is -2.26. The maximum atomic E-state index is 5.44. The van der Waals surface area contributed by atoms with Gasteiger partial charge in [-0.05, 0) is 41.2 Å². The summed E-state index contributed by atoms with van der Waals surface area (Å²) in [6, 6.07) is 17.1. The van der Waals surface area contributed by atoms with Crippen molar-refractivity contribution in [2.75, 3.05) is 47.0 Å². The van der Waals surface area contributed by atoms with Crippen molar-refractivity contribution in [1.82, 2.24) is 15.5 Å². The van der Waals surface area contributed by atoms with Crippen LogP contribution in [0, 0.1) is 0 Å². The van der Waals surface area contributed by atoms with Gasteiger partial charge in [0, 0.05) is 39.8 Å². The number of hydrogen-bond acceptors (Lipinski definition) is 4. The lowest BCUT2D eigenvalue weighted by atomic mass is 9.98. The third-order valence-corrected chi connectivity index (χ3v) is 5.74. The van der Waals surface area contributed by atoms with E-state index in [4.69, 9.17) is 9.47 Å². The number of nitrogens with one attached hydrogen (secondary N) is 2. The van der Waals surface area contributed by atoms with E-state index in [1.165, 1.54) is 16.7 Å². The van der Waals surface area contributed by atoms with E-state index in [0.29, 0.717) is 5.92 Å². The highest BCUT2D eigenvalue weighted by molar-refractivity contribution is 5.79. The van der Waals surface area contributed by atoms with Gasteiger partial charge in [-0.1, -0.05) is 43.3 Å². The summed E-state index contributed by atoms with van der Waals surface area (Å²) in [5, 5.41) is 6.87. The molecule has 31 heavy (non-hydrogen) atoms. The molecule has 6 heteroatoms. The van der Waals surface area contributed by atoms with Gasteiger partial charge < -0.3 is 20.1 Å². The van der Waals surface area contributed by atoms with Gasteiger partial charge in [-0.2, -0.15) is 0 Å². The lowest BCUT2D eigenvalue weighted by molar-refractivity contribution is 0.0342. The van der Waals surface area contributed by atoms with Crippen LogP contribution in [0.5, 0.6) is 5.75 Å². The van der Waals surface area contributed by atoms with Gasteiger partial charge in [0.1, 0.15) is 5.75 Å². The summed E-state index contributed by atoms with van der Waals surface area (Å²) in [7, 11) is 3.51. The Kier molecular flexibility index (Phi) is 9.18. The van der Waals surface area contributed by atoms with Crippen molar-refractivity contribution in [3.63, 3.8) is 0 Å². The van der Waals surface area contributed by atoms with Gasteiger partial charge in [0.05, 0.1) is 20.3 Å². The van der Waals surface area contributed by atoms with E-state index in [1.54, 1.807) is 7.11 Å². The average molecular weight is 425 g/mol. The quantitative estimate of drug-likeness (QED) is 0.477. The molecule has 0 spiro atoms. The van der Waals surface area contributed by atoms with Gasteiger partial charge in [0.15, 0.2) is 5.96 Å². The average Bonchev–Trinajstić information content (AvgIpc) is 2.82. The van der Waals surface area contributed by atoms with Crippen LogP contribution in [-0.2, 0) is 17.8 Å². The molecule has 0 aliphatic carbocycles. The van der Waals surface area contributed by atoms with Crippen LogP contribution in [-0.4, -0.2) is 57.9 Å². The molecule has 1 unspecified atom stereocenters. The Morgan fingerprint density at radius 1 is 1.10 bits per heavy atom. The fourth-order valence-electron chi connectivity index (χ4n) is 3.77. The number of guanidine groups is 1. The molecule has 168 valence electrons. The third kappa shape index (κ3) is 7.56. The summed E-state index contributed by atoms with van der Waals surface area (Å²) < 4.78 is 10.7. The Morgan fingerprint density at radius 2 is 1.84 bits per heavy atom. The first kappa shape index (κ1) is 23.1. The molecule has 1 fully saturated rings. The summed E-state index contributed by atoms with van der Waals surface area (Å²) >= 11 is 0. The minimum absolute atomic E-state index is 0.466. The number of hydrogen-bond donors (Lipinski definition) is 2. The molecule has 2 N–H and O–H groups in total. The van der Waals surface area contributed by atoms with E-state index in [-0.39, 0.29) is 0 Å². The molecule has 3 rings (SSSR count). The smallest absolute Gasteiger partial charge is 0.191 e. The van der Waals surface area contributed by atoms with Crippen LogP contribution in [0.15, 0.2) is 53.5 Å². The second-order valence-corrected chi connectivity index (χ2v) is 8.02. The van der Waals surface area contributed by atoms with Crippen LogP contribution in [0.4, 0.5) is 0 Å². The van der Waals surface area contributed by atoms with Gasteiger partial charge in [0.2, 0.25) is 0 Å². The largest absolute Gasteiger partial charge is 0.497 e. The second-order valence-electron chi connectivity index (χ2n) is 8.02. The normalized spacial score (nSPS) is 16.0. The van der Waals surface area contributed by atoms with Crippen molar-refractivity contribution in [3.8, 4) is 5.75 Å². The monoisotopic (exact) mass is 424 g/mol. The van der Waals surface area contributed by atoms with Gasteiger partial charge in [0.25, 0.3) is 0 Å². The van der Waals surface area contributed by atoms with E-state index in [9.17, 15) is 0 Å². The first-order valence-corrected chi connectivity index (χ1v) is 11.1. The SMILES string of the molecule is CN=C(NCCC(C)c1ccc(OC)cc1)NCc1cccc(CN2CCOCC2)c1. The highest BCUT2D eigenvalue weighted by Gasteiger charge is 2.11. The van der Waals surface area contributed by atoms with Gasteiger partial charge >= 0.3 is 0 Å². The molecule has 1 heterocycles. The predicted octanol–water partition coefficient (Wildman–Crippen LogP) is 3.39. The molecule has 2 aromatic carbocycles. The Labute approximate surface area is 186 Å². The maximum Gasteiger partial charge on any atom is 0.191 e. The zero-order valence-electron chi connectivity index (χ0n) is 19.1. The molecular formula is C25H36N4O2. The van der Waals surface area contributed by atoms with Gasteiger partial charge in [-0.25, -0.2) is 0 Å². The topological polar surface area (TPSA) is 58.1 Å². The number of nitrogens with zero attached hydrogens (tertiary/aromatic N) is 2. The van der Waals surface area contributed by atoms with Crippen molar-refractivity contribution >= 4 is 5.96 Å². The molecule has 0 amide bonds. The van der Waals surface area contributed by atoms with Crippen molar-refractivity contribution < 1.29 is 9.47 Å². The molecule has 1 aliphatic rings. The number of morpholine rings is 1. The molecule has 2 aromatic rings. The van der Waals surface area contributed by atoms with E-state index >= 15 is 0 Å². The number of benzene rings is 2. The van der Waals surface area contributed by atoms with E-state index in [0.717, 1.165) is 64.1 Å². The van der Waals surface area contributed by atoms with E-state index < -0.39 is 0 Å². The molecule has 0 saturated carbocycles. The fraction of sp³-hybridized carbons (Fsp3) is 0.480. The van der Waals surface area contributed by atoms with Crippen LogP contribution in [0.2, 0.25) is 0 Å². The summed E-state index contributed by atoms with van der Waals surface area (Å²) in [4.78, 5) is 6.81. The number of ether oxygens (including phenoxy) is 2. The van der Waals surface area contributed by atoms with E-state index in [1.807, 2.05) is 19.2 Å². The Morgan fingerprint density at radius 3 is 2.55 bits per heavy atom. The molecule has 0 bridgehead atoms. The second kappa shape index (κ2) is 12.3. The standard InChI is InChI=1S/C25H36N4O2/c1-20(23-7-9-24(30-3)10-8-23)11-12-27-25(26-2)28-18-21-5-4-6-22(17-21)19-29-13-15-31-16-14-29/h4-10,17,20H,11-16,18-19H2,1-3H3,(H2,26,27,28). The van der Waals surface area contributed by atoms with E-state index in [2.05, 4.69) is 63.8 Å². The van der Waals surface area contributed by atoms with Gasteiger partial charge in [-0.15, -0.1) is 0 Å². The predicted molar refractivity (Wildman–Crippen MR) is 127 cm³/mol. The maximum absolute atomic E-state index is 5.44. The number of aliphatic imine (C=N–C) groups is 1. The van der Waals surface area contributed by atoms with Crippen LogP contribution in [0.3, 0.4) is 0 Å². The van der Waals surface area contributed by atoms with Crippen molar-refractivity contribution in [2.24, 2.45) is 4.99 Å².